The van der Waals surface area contributed by atoms with Crippen molar-refractivity contribution in [3.05, 3.63) is 35.4 Å². The van der Waals surface area contributed by atoms with Crippen molar-refractivity contribution in [2.24, 2.45) is 5.92 Å². The highest BCUT2D eigenvalue weighted by molar-refractivity contribution is 5.86. The maximum Gasteiger partial charge on any atom is 0.416 e. The largest absolute Gasteiger partial charge is 0.480 e. The molecule has 27 heavy (non-hydrogen) atoms. The van der Waals surface area contributed by atoms with E-state index in [1.54, 1.807) is 0 Å². The minimum atomic E-state index is -4.48. The molecule has 150 valence electrons. The highest BCUT2D eigenvalue weighted by Crippen LogP contribution is 2.29. The standard InChI is InChI=1S/C18H23F3N2O4/c1-12(2)3-8-15(24)22-9-16(25)23(11-17(26)27)10-13-4-6-14(7-5-13)18(19,20)21/h4-7,12H,3,8-11H2,1-2H3,(H,22,24)(H,26,27). The van der Waals surface area contributed by atoms with Crippen LogP contribution in [0.4, 0.5) is 13.2 Å². The van der Waals surface area contributed by atoms with Gasteiger partial charge in [0, 0.05) is 13.0 Å². The lowest BCUT2D eigenvalue weighted by molar-refractivity contribution is -0.144. The van der Waals surface area contributed by atoms with Crippen LogP contribution in [0.5, 0.6) is 0 Å². The Morgan fingerprint density at radius 2 is 1.74 bits per heavy atom. The van der Waals surface area contributed by atoms with E-state index >= 15 is 0 Å². The van der Waals surface area contributed by atoms with E-state index in [1.165, 1.54) is 12.1 Å². The van der Waals surface area contributed by atoms with Gasteiger partial charge in [0.05, 0.1) is 12.1 Å². The van der Waals surface area contributed by atoms with Crippen LogP contribution in [-0.2, 0) is 27.1 Å². The number of hydrogen-bond acceptors (Lipinski definition) is 3. The Kier molecular flexibility index (Phi) is 8.27. The predicted molar refractivity (Wildman–Crippen MR) is 91.6 cm³/mol. The summed E-state index contributed by atoms with van der Waals surface area (Å²) in [4.78, 5) is 35.8. The van der Waals surface area contributed by atoms with Gasteiger partial charge < -0.3 is 15.3 Å². The van der Waals surface area contributed by atoms with E-state index in [1.807, 2.05) is 13.8 Å². The third-order valence-corrected chi connectivity index (χ3v) is 3.72. The van der Waals surface area contributed by atoms with E-state index in [2.05, 4.69) is 5.32 Å². The topological polar surface area (TPSA) is 86.7 Å². The van der Waals surface area contributed by atoms with Gasteiger partial charge in [0.1, 0.15) is 6.54 Å². The number of carboxylic acids is 1. The first-order chi connectivity index (χ1) is 12.5. The third kappa shape index (κ3) is 8.57. The first-order valence-corrected chi connectivity index (χ1v) is 8.41. The molecule has 9 heteroatoms. The number of alkyl halides is 3. The second-order valence-electron chi connectivity index (χ2n) is 6.55. The monoisotopic (exact) mass is 388 g/mol. The number of carbonyl (C=O) groups is 3. The maximum absolute atomic E-state index is 12.6. The summed E-state index contributed by atoms with van der Waals surface area (Å²) >= 11 is 0. The predicted octanol–water partition coefficient (Wildman–Crippen LogP) is 2.67. The van der Waals surface area contributed by atoms with Crippen molar-refractivity contribution in [3.8, 4) is 0 Å². The molecule has 0 heterocycles. The summed E-state index contributed by atoms with van der Waals surface area (Å²) in [6.45, 7) is 2.74. The van der Waals surface area contributed by atoms with Gasteiger partial charge in [0.15, 0.2) is 0 Å². The number of nitrogens with one attached hydrogen (secondary N) is 1. The molecule has 1 aromatic rings. The number of amides is 2. The minimum Gasteiger partial charge on any atom is -0.480 e. The number of aliphatic carboxylic acids is 1. The minimum absolute atomic E-state index is 0.175. The van der Waals surface area contributed by atoms with Crippen molar-refractivity contribution in [2.75, 3.05) is 13.1 Å². The number of halogens is 3. The summed E-state index contributed by atoms with van der Waals surface area (Å²) in [5.74, 6) is -1.88. The first kappa shape index (κ1) is 22.5. The molecule has 0 radical (unpaired) electrons. The molecule has 0 unspecified atom stereocenters. The van der Waals surface area contributed by atoms with Crippen molar-refractivity contribution in [3.63, 3.8) is 0 Å². The lowest BCUT2D eigenvalue weighted by atomic mass is 10.1. The van der Waals surface area contributed by atoms with Crippen LogP contribution < -0.4 is 5.32 Å². The Bertz CT molecular complexity index is 658. The van der Waals surface area contributed by atoms with Crippen molar-refractivity contribution in [1.29, 1.82) is 0 Å². The van der Waals surface area contributed by atoms with E-state index in [9.17, 15) is 27.6 Å². The molecule has 0 spiro atoms. The van der Waals surface area contributed by atoms with Crippen molar-refractivity contribution in [2.45, 2.75) is 39.4 Å². The molecule has 2 N–H and O–H groups in total. The molecule has 0 aliphatic rings. The van der Waals surface area contributed by atoms with E-state index in [0.717, 1.165) is 17.0 Å². The molecule has 1 rings (SSSR count). The Balaban J connectivity index is 2.70. The molecule has 1 aromatic carbocycles. The summed E-state index contributed by atoms with van der Waals surface area (Å²) in [7, 11) is 0. The van der Waals surface area contributed by atoms with E-state index < -0.39 is 30.2 Å². The lowest BCUT2D eigenvalue weighted by Crippen LogP contribution is -2.42. The van der Waals surface area contributed by atoms with Crippen LogP contribution >= 0.6 is 0 Å². The van der Waals surface area contributed by atoms with E-state index in [-0.39, 0.29) is 25.4 Å². The molecule has 0 aliphatic heterocycles. The molecular formula is C18H23F3N2O4. The number of hydrogen-bond donors (Lipinski definition) is 2. The number of rotatable bonds is 9. The van der Waals surface area contributed by atoms with Crippen molar-refractivity contribution < 1.29 is 32.7 Å². The fourth-order valence-corrected chi connectivity index (χ4v) is 2.21. The molecule has 0 saturated heterocycles. The van der Waals surface area contributed by atoms with E-state index in [4.69, 9.17) is 5.11 Å². The van der Waals surface area contributed by atoms with Crippen LogP contribution in [0.2, 0.25) is 0 Å². The van der Waals surface area contributed by atoms with Gasteiger partial charge in [-0.25, -0.2) is 0 Å². The zero-order chi connectivity index (χ0) is 20.6. The second kappa shape index (κ2) is 9.94. The fraction of sp³-hybridized carbons (Fsp3) is 0.500. The van der Waals surface area contributed by atoms with Crippen LogP contribution in [0.25, 0.3) is 0 Å². The van der Waals surface area contributed by atoms with Gasteiger partial charge in [0.25, 0.3) is 0 Å². The normalized spacial score (nSPS) is 11.3. The van der Waals surface area contributed by atoms with Gasteiger partial charge >= 0.3 is 12.1 Å². The number of carbonyl (C=O) groups excluding carboxylic acids is 2. The lowest BCUT2D eigenvalue weighted by Gasteiger charge is -2.21. The molecule has 0 bridgehead atoms. The highest BCUT2D eigenvalue weighted by atomic mass is 19.4. The average Bonchev–Trinajstić information content (AvgIpc) is 2.56. The SMILES string of the molecule is CC(C)CCC(=O)NCC(=O)N(CC(=O)O)Cc1ccc(C(F)(F)F)cc1. The van der Waals surface area contributed by atoms with Crippen molar-refractivity contribution >= 4 is 17.8 Å². The van der Waals surface area contributed by atoms with Gasteiger partial charge in [-0.2, -0.15) is 13.2 Å². The summed E-state index contributed by atoms with van der Waals surface area (Å²) in [5, 5.41) is 11.4. The average molecular weight is 388 g/mol. The van der Waals surface area contributed by atoms with E-state index in [0.29, 0.717) is 17.9 Å². The molecule has 0 saturated carbocycles. The molecule has 2 amide bonds. The second-order valence-corrected chi connectivity index (χ2v) is 6.55. The van der Waals surface area contributed by atoms with Crippen LogP contribution in [0.1, 0.15) is 37.8 Å². The van der Waals surface area contributed by atoms with Crippen molar-refractivity contribution in [1.82, 2.24) is 10.2 Å². The molecule has 0 fully saturated rings. The van der Waals surface area contributed by atoms with Gasteiger partial charge in [-0.15, -0.1) is 0 Å². The summed E-state index contributed by atoms with van der Waals surface area (Å²) in [6.07, 6.45) is -3.57. The zero-order valence-corrected chi connectivity index (χ0v) is 15.2. The molecule has 6 nitrogen and oxygen atoms in total. The number of nitrogens with zero attached hydrogens (tertiary/aromatic N) is 1. The molecule has 0 atom stereocenters. The van der Waals surface area contributed by atoms with Gasteiger partial charge in [-0.05, 0) is 30.0 Å². The molecule has 0 aliphatic carbocycles. The van der Waals surface area contributed by atoms with Crippen LogP contribution in [-0.4, -0.2) is 40.9 Å². The van der Waals surface area contributed by atoms with Crippen LogP contribution in [0, 0.1) is 5.92 Å². The Hall–Kier alpha value is -2.58. The Morgan fingerprint density at radius 3 is 2.22 bits per heavy atom. The third-order valence-electron chi connectivity index (χ3n) is 3.72. The van der Waals surface area contributed by atoms with Crippen LogP contribution in [0.3, 0.4) is 0 Å². The van der Waals surface area contributed by atoms with Crippen LogP contribution in [0.15, 0.2) is 24.3 Å². The zero-order valence-electron chi connectivity index (χ0n) is 15.2. The summed E-state index contributed by atoms with van der Waals surface area (Å²) < 4.78 is 37.8. The van der Waals surface area contributed by atoms with Gasteiger partial charge in [0.2, 0.25) is 11.8 Å². The summed E-state index contributed by atoms with van der Waals surface area (Å²) in [6, 6.07) is 4.11. The molecular weight excluding hydrogens is 365 g/mol. The number of benzene rings is 1. The first-order valence-electron chi connectivity index (χ1n) is 8.41. The fourth-order valence-electron chi connectivity index (χ4n) is 2.21. The van der Waals surface area contributed by atoms with Gasteiger partial charge in [-0.1, -0.05) is 26.0 Å². The smallest absolute Gasteiger partial charge is 0.416 e. The van der Waals surface area contributed by atoms with Gasteiger partial charge in [-0.3, -0.25) is 14.4 Å². The maximum atomic E-state index is 12.6. The number of carboxylic acid groups (broad SMARTS) is 1. The highest BCUT2D eigenvalue weighted by Gasteiger charge is 2.30. The Labute approximate surface area is 155 Å². The quantitative estimate of drug-likeness (QED) is 0.681. The Morgan fingerprint density at radius 1 is 1.15 bits per heavy atom. The molecule has 0 aromatic heterocycles. The summed E-state index contributed by atoms with van der Waals surface area (Å²) in [5.41, 5.74) is -0.483.